The maximum absolute atomic E-state index is 15.0. The minimum atomic E-state index is -1.03. The van der Waals surface area contributed by atoms with Gasteiger partial charge in [0, 0.05) is 68.6 Å². The summed E-state index contributed by atoms with van der Waals surface area (Å²) in [5, 5.41) is 9.59. The Kier molecular flexibility index (Phi) is 11.2. The van der Waals surface area contributed by atoms with Crippen molar-refractivity contribution >= 4 is 40.6 Å². The molecule has 6 heterocycles. The highest BCUT2D eigenvalue weighted by atomic mass is 19.1. The van der Waals surface area contributed by atoms with Crippen molar-refractivity contribution in [3.8, 4) is 17.1 Å². The third kappa shape index (κ3) is 8.44. The van der Waals surface area contributed by atoms with E-state index in [1.165, 1.54) is 12.1 Å². The van der Waals surface area contributed by atoms with Crippen LogP contribution in [0.25, 0.3) is 22.3 Å². The fourth-order valence-electron chi connectivity index (χ4n) is 8.37. The minimum Gasteiger partial charge on any atom is -0.477 e. The number of carbonyl (C=O) groups excluding carboxylic acids is 4. The van der Waals surface area contributed by atoms with Gasteiger partial charge in [-0.2, -0.15) is 5.10 Å². The van der Waals surface area contributed by atoms with E-state index in [9.17, 15) is 19.2 Å². The Morgan fingerprint density at radius 1 is 0.966 bits per heavy atom. The van der Waals surface area contributed by atoms with Crippen molar-refractivity contribution in [2.45, 2.75) is 64.8 Å². The third-order valence-electron chi connectivity index (χ3n) is 11.5. The molecule has 0 unspecified atom stereocenters. The summed E-state index contributed by atoms with van der Waals surface area (Å²) in [6.07, 6.45) is 4.55. The first-order chi connectivity index (χ1) is 28.4. The van der Waals surface area contributed by atoms with E-state index in [0.717, 1.165) is 18.4 Å². The van der Waals surface area contributed by atoms with Crippen LogP contribution in [0.3, 0.4) is 0 Å². The Labute approximate surface area is 339 Å². The molecular formula is C43H47F2N9O5. The van der Waals surface area contributed by atoms with Gasteiger partial charge in [-0.15, -0.1) is 0 Å². The molecule has 0 saturated carbocycles. The number of halogens is 2. The summed E-state index contributed by atoms with van der Waals surface area (Å²) in [7, 11) is 1.82. The summed E-state index contributed by atoms with van der Waals surface area (Å²) >= 11 is 0. The van der Waals surface area contributed by atoms with Crippen molar-refractivity contribution in [1.29, 1.82) is 0 Å². The second-order valence-corrected chi connectivity index (χ2v) is 15.9. The summed E-state index contributed by atoms with van der Waals surface area (Å²) in [6.45, 7) is 8.06. The molecule has 0 aliphatic carbocycles. The lowest BCUT2D eigenvalue weighted by Crippen LogP contribution is -2.48. The topological polar surface area (TPSA) is 157 Å². The van der Waals surface area contributed by atoms with Gasteiger partial charge in [-0.25, -0.2) is 18.4 Å². The number of anilines is 1. The van der Waals surface area contributed by atoms with E-state index in [0.29, 0.717) is 110 Å². The van der Waals surface area contributed by atoms with Crippen LogP contribution in [0.15, 0.2) is 48.7 Å². The van der Waals surface area contributed by atoms with Crippen LogP contribution in [0.5, 0.6) is 5.88 Å². The Balaban J connectivity index is 0.927. The van der Waals surface area contributed by atoms with E-state index < -0.39 is 29.4 Å². The predicted molar refractivity (Wildman–Crippen MR) is 215 cm³/mol. The zero-order valence-electron chi connectivity index (χ0n) is 33.4. The molecular weight excluding hydrogens is 761 g/mol. The fourth-order valence-corrected chi connectivity index (χ4v) is 8.37. The van der Waals surface area contributed by atoms with Gasteiger partial charge in [-0.3, -0.25) is 39.7 Å². The highest BCUT2D eigenvalue weighted by molar-refractivity contribution is 6.05. The average molecular weight is 808 g/mol. The van der Waals surface area contributed by atoms with Gasteiger partial charge in [0.15, 0.2) is 0 Å². The average Bonchev–Trinajstić information content (AvgIpc) is 3.74. The van der Waals surface area contributed by atoms with Gasteiger partial charge >= 0.3 is 0 Å². The number of nitrogens with one attached hydrogen (secondary N) is 2. The molecule has 2 saturated heterocycles. The largest absolute Gasteiger partial charge is 0.477 e. The van der Waals surface area contributed by atoms with Crippen LogP contribution in [0.2, 0.25) is 0 Å². The summed E-state index contributed by atoms with van der Waals surface area (Å²) in [5.41, 5.74) is 4.54. The highest BCUT2D eigenvalue weighted by Gasteiger charge is 2.33. The summed E-state index contributed by atoms with van der Waals surface area (Å²) < 4.78 is 39.9. The van der Waals surface area contributed by atoms with Gasteiger partial charge in [0.25, 0.3) is 11.8 Å². The lowest BCUT2D eigenvalue weighted by atomic mass is 9.88. The zero-order valence-corrected chi connectivity index (χ0v) is 33.4. The highest BCUT2D eigenvalue weighted by Crippen LogP contribution is 2.32. The number of fused-ring (bicyclic) bond motifs is 7. The number of hydrogen-bond donors (Lipinski definition) is 2. The molecule has 8 rings (SSSR count). The van der Waals surface area contributed by atoms with Gasteiger partial charge in [0.05, 0.1) is 41.0 Å². The molecule has 59 heavy (non-hydrogen) atoms. The minimum absolute atomic E-state index is 0.0403. The number of hydrogen-bond acceptors (Lipinski definition) is 9. The van der Waals surface area contributed by atoms with Crippen LogP contribution in [0.4, 0.5) is 14.7 Å². The smallest absolute Gasteiger partial charge is 0.258 e. The number of pyridine rings is 1. The van der Waals surface area contributed by atoms with Gasteiger partial charge in [-0.05, 0) is 99.5 Å². The Hall–Kier alpha value is -6.03. The van der Waals surface area contributed by atoms with Gasteiger partial charge < -0.3 is 14.2 Å². The molecule has 16 heteroatoms. The number of amides is 4. The Morgan fingerprint density at radius 3 is 2.51 bits per heavy atom. The van der Waals surface area contributed by atoms with Crippen LogP contribution in [-0.4, -0.2) is 97.1 Å². The molecule has 0 spiro atoms. The normalized spacial score (nSPS) is 19.3. The van der Waals surface area contributed by atoms with Crippen molar-refractivity contribution in [3.05, 3.63) is 88.2 Å². The maximum Gasteiger partial charge on any atom is 0.258 e. The quantitative estimate of drug-likeness (QED) is 0.215. The second-order valence-electron chi connectivity index (χ2n) is 15.9. The van der Waals surface area contributed by atoms with E-state index in [1.54, 1.807) is 29.1 Å². The summed E-state index contributed by atoms with van der Waals surface area (Å²) in [6, 6.07) is 11.5. The molecule has 3 aliphatic rings. The number of ether oxygens (including phenoxy) is 1. The van der Waals surface area contributed by atoms with Crippen molar-refractivity contribution in [1.82, 2.24) is 39.4 Å². The number of imide groups is 1. The molecule has 2 bridgehead atoms. The van der Waals surface area contributed by atoms with Gasteiger partial charge in [0.2, 0.25) is 23.6 Å². The van der Waals surface area contributed by atoms with Gasteiger partial charge in [-0.1, -0.05) is 6.92 Å². The monoisotopic (exact) mass is 807 g/mol. The molecule has 14 nitrogen and oxygen atoms in total. The molecule has 0 radical (unpaired) electrons. The molecule has 2 N–H and O–H groups in total. The Bertz CT molecular complexity index is 2430. The molecule has 3 aromatic heterocycles. The fraction of sp³-hybridized carbons (Fsp3) is 0.419. The van der Waals surface area contributed by atoms with E-state index in [1.807, 2.05) is 35.6 Å². The van der Waals surface area contributed by atoms with Crippen LogP contribution in [0.1, 0.15) is 82.5 Å². The van der Waals surface area contributed by atoms with E-state index in [2.05, 4.69) is 32.5 Å². The maximum atomic E-state index is 15.0. The van der Waals surface area contributed by atoms with Crippen molar-refractivity contribution in [2.75, 3.05) is 44.6 Å². The SMILES string of the molecule is Cc1cc2cc(n1)-c1cnn(C)c1OCCC[C@@H](C)Cn1c(nc3ccc(C(=O)N4CCN(CCCc5cc(F)c([C@H]6CCC(=O)NC6=O)c(F)c5)CC4)cc31)NC2=O. The molecule has 2 fully saturated rings. The molecule has 2 aromatic carbocycles. The first kappa shape index (κ1) is 39.8. The number of nitrogens with zero attached hydrogens (tertiary/aromatic N) is 7. The first-order valence-electron chi connectivity index (χ1n) is 20.2. The molecule has 5 aromatic rings. The van der Waals surface area contributed by atoms with E-state index in [4.69, 9.17) is 9.72 Å². The number of aromatic nitrogens is 5. The summed E-state index contributed by atoms with van der Waals surface area (Å²) in [5.74, 6) is -2.94. The molecule has 3 aliphatic heterocycles. The first-order valence-corrected chi connectivity index (χ1v) is 20.2. The summed E-state index contributed by atoms with van der Waals surface area (Å²) in [4.78, 5) is 65.0. The second kappa shape index (κ2) is 16.7. The van der Waals surface area contributed by atoms with E-state index in [-0.39, 0.29) is 36.1 Å². The van der Waals surface area contributed by atoms with Crippen molar-refractivity contribution in [3.63, 3.8) is 0 Å². The number of aryl methyl sites for hydroxylation is 3. The Morgan fingerprint density at radius 2 is 1.75 bits per heavy atom. The number of piperidine rings is 1. The lowest BCUT2D eigenvalue weighted by Gasteiger charge is -2.34. The van der Waals surface area contributed by atoms with Gasteiger partial charge in [0.1, 0.15) is 11.6 Å². The number of benzene rings is 2. The van der Waals surface area contributed by atoms with Crippen LogP contribution in [0, 0.1) is 24.5 Å². The number of carbonyl (C=O) groups is 4. The molecule has 2 atom stereocenters. The number of rotatable bonds is 6. The molecule has 308 valence electrons. The van der Waals surface area contributed by atoms with Crippen LogP contribution in [-0.2, 0) is 29.6 Å². The van der Waals surface area contributed by atoms with Crippen LogP contribution < -0.4 is 15.4 Å². The number of piperazine rings is 1. The van der Waals surface area contributed by atoms with Crippen LogP contribution >= 0.6 is 0 Å². The molecule has 4 amide bonds. The number of imidazole rings is 1. The third-order valence-corrected chi connectivity index (χ3v) is 11.5. The zero-order chi connectivity index (χ0) is 41.4. The standard InChI is InChI=1S/C43H47F2N9O5/c1-25-6-5-17-59-42-31(23-46-51(42)3)35-21-29(18-26(2)47-35)39(56)50-43-48-34-10-8-28(22-36(34)54(43)24-25)41(58)53-15-13-52(14-16-53)12-4-7-27-19-32(44)38(33(45)20-27)30-9-11-37(55)49-40(30)57/h8,10,18-23,25,30H,4-7,9,11-17,24H2,1-3H3,(H,48,50,56)(H,49,55,57)/t25-,30-/m1/s1. The van der Waals surface area contributed by atoms with Crippen molar-refractivity contribution < 1.29 is 32.7 Å². The lowest BCUT2D eigenvalue weighted by molar-refractivity contribution is -0.134. The predicted octanol–water partition coefficient (Wildman–Crippen LogP) is 5.39. The van der Waals surface area contributed by atoms with Crippen molar-refractivity contribution in [2.24, 2.45) is 13.0 Å². The van der Waals surface area contributed by atoms with E-state index >= 15 is 8.78 Å².